The largest absolute Gasteiger partial charge is 0.456 e. The molecule has 2 unspecified atom stereocenters. The molecular weight excluding hydrogens is 805 g/mol. The summed E-state index contributed by atoms with van der Waals surface area (Å²) < 4.78 is 13.0. The van der Waals surface area contributed by atoms with E-state index in [-0.39, 0.29) is 11.8 Å². The fourth-order valence-corrected chi connectivity index (χ4v) is 10.7. The lowest BCUT2D eigenvalue weighted by Gasteiger charge is -2.23. The van der Waals surface area contributed by atoms with E-state index in [1.54, 1.807) is 0 Å². The number of benzene rings is 9. The van der Waals surface area contributed by atoms with Gasteiger partial charge in [-0.25, -0.2) is 9.98 Å². The Morgan fingerprint density at radius 3 is 1.86 bits per heavy atom. The van der Waals surface area contributed by atoms with Crippen LogP contribution in [0.5, 0.6) is 0 Å². The highest BCUT2D eigenvalue weighted by molar-refractivity contribution is 6.17. The lowest BCUT2D eigenvalue weighted by molar-refractivity contribution is 0.665. The van der Waals surface area contributed by atoms with E-state index in [0.29, 0.717) is 5.84 Å². The molecule has 2 atom stereocenters. The first-order valence-electron chi connectivity index (χ1n) is 23.1. The van der Waals surface area contributed by atoms with Crippen LogP contribution >= 0.6 is 0 Å². The van der Waals surface area contributed by atoms with Crippen LogP contribution in [0.4, 0.5) is 0 Å². The maximum absolute atomic E-state index is 6.69. The van der Waals surface area contributed by atoms with E-state index in [4.69, 9.17) is 18.8 Å². The third-order valence-electron chi connectivity index (χ3n) is 14.0. The molecule has 0 bridgehead atoms. The number of hydrogen-bond acceptors (Lipinski definition) is 4. The van der Waals surface area contributed by atoms with Gasteiger partial charge in [0.1, 0.15) is 22.3 Å². The monoisotopic (exact) mass is 848 g/mol. The second kappa shape index (κ2) is 15.6. The summed E-state index contributed by atoms with van der Waals surface area (Å²) in [6.07, 6.45) is 5.00. The van der Waals surface area contributed by atoms with Crippen molar-refractivity contribution in [1.29, 1.82) is 0 Å². The minimum Gasteiger partial charge on any atom is -0.456 e. The van der Waals surface area contributed by atoms with Gasteiger partial charge >= 0.3 is 0 Å². The molecule has 11 aromatic rings. The molecule has 13 rings (SSSR count). The van der Waals surface area contributed by atoms with Gasteiger partial charge in [0.25, 0.3) is 0 Å². The lowest BCUT2D eigenvalue weighted by atomic mass is 9.82. The Hall–Kier alpha value is -8.08. The summed E-state index contributed by atoms with van der Waals surface area (Å²) in [5.74, 6) is 0.837. The summed E-state index contributed by atoms with van der Waals surface area (Å²) in [6, 6.07) is 69.7. The summed E-state index contributed by atoms with van der Waals surface area (Å²) >= 11 is 0. The average molecular weight is 849 g/mol. The Balaban J connectivity index is 1.02. The topological polar surface area (TPSA) is 51.0 Å². The maximum atomic E-state index is 6.69. The van der Waals surface area contributed by atoms with Gasteiger partial charge in [0, 0.05) is 44.5 Å². The van der Waals surface area contributed by atoms with E-state index in [1.807, 2.05) is 12.1 Å². The maximum Gasteiger partial charge on any atom is 0.160 e. The summed E-state index contributed by atoms with van der Waals surface area (Å²) in [6.45, 7) is 2.29. The molecule has 314 valence electrons. The molecule has 0 saturated heterocycles. The number of para-hydroxylation sites is 2. The smallest absolute Gasteiger partial charge is 0.160 e. The number of amidine groups is 1. The minimum absolute atomic E-state index is 0.0764. The zero-order chi connectivity index (χ0) is 43.7. The fourth-order valence-electron chi connectivity index (χ4n) is 10.7. The summed E-state index contributed by atoms with van der Waals surface area (Å²) in [5, 5.41) is 6.92. The molecule has 66 heavy (non-hydrogen) atoms. The molecule has 2 aliphatic rings. The van der Waals surface area contributed by atoms with E-state index in [9.17, 15) is 0 Å². The van der Waals surface area contributed by atoms with Crippen molar-refractivity contribution in [3.63, 3.8) is 0 Å². The van der Waals surface area contributed by atoms with Crippen molar-refractivity contribution in [2.24, 2.45) is 15.9 Å². The normalized spacial score (nSPS) is 17.1. The number of aliphatic imine (C=N–C) groups is 2. The highest BCUT2D eigenvalue weighted by Gasteiger charge is 2.29. The van der Waals surface area contributed by atoms with Crippen LogP contribution in [0.1, 0.15) is 59.1 Å². The van der Waals surface area contributed by atoms with Crippen molar-refractivity contribution in [3.8, 4) is 22.3 Å². The number of rotatable bonds is 5. The minimum atomic E-state index is 0.0764. The van der Waals surface area contributed by atoms with Crippen molar-refractivity contribution in [2.45, 2.75) is 32.1 Å². The molecule has 9 aromatic carbocycles. The summed E-state index contributed by atoms with van der Waals surface area (Å²) in [7, 11) is 0. The van der Waals surface area contributed by atoms with Crippen LogP contribution in [0.15, 0.2) is 219 Å². The molecular formula is C62H44N2O2. The Morgan fingerprint density at radius 2 is 1.06 bits per heavy atom. The van der Waals surface area contributed by atoms with Crippen molar-refractivity contribution >= 4 is 71.9 Å². The predicted octanol–water partition coefficient (Wildman–Crippen LogP) is 16.4. The molecule has 3 heterocycles. The van der Waals surface area contributed by atoms with Crippen LogP contribution in [-0.4, -0.2) is 11.5 Å². The van der Waals surface area contributed by atoms with Crippen molar-refractivity contribution in [1.82, 2.24) is 0 Å². The number of fused-ring (bicyclic) bond motifs is 10. The molecule has 1 aliphatic carbocycles. The number of hydrogen-bond donors (Lipinski definition) is 0. The van der Waals surface area contributed by atoms with E-state index in [2.05, 4.69) is 195 Å². The molecule has 0 spiro atoms. The lowest BCUT2D eigenvalue weighted by Crippen LogP contribution is -2.17. The van der Waals surface area contributed by atoms with Crippen molar-refractivity contribution in [3.05, 3.63) is 234 Å². The van der Waals surface area contributed by atoms with Crippen LogP contribution in [-0.2, 0) is 6.42 Å². The van der Waals surface area contributed by atoms with Gasteiger partial charge in [-0.1, -0.05) is 159 Å². The van der Waals surface area contributed by atoms with Crippen LogP contribution < -0.4 is 0 Å². The van der Waals surface area contributed by atoms with Crippen molar-refractivity contribution < 1.29 is 8.83 Å². The molecule has 2 aromatic heterocycles. The summed E-state index contributed by atoms with van der Waals surface area (Å²) in [4.78, 5) is 11.3. The zero-order valence-electron chi connectivity index (χ0n) is 36.5. The second-order valence-corrected chi connectivity index (χ2v) is 18.0. The zero-order valence-corrected chi connectivity index (χ0v) is 36.5. The number of allylic oxidation sites excluding steroid dienone is 1. The molecule has 4 heteroatoms. The Bertz CT molecular complexity index is 3810. The first-order valence-corrected chi connectivity index (χ1v) is 23.1. The highest BCUT2D eigenvalue weighted by atomic mass is 16.3. The van der Waals surface area contributed by atoms with Gasteiger partial charge in [0.05, 0.1) is 11.4 Å². The van der Waals surface area contributed by atoms with E-state index < -0.39 is 0 Å². The van der Waals surface area contributed by atoms with Gasteiger partial charge < -0.3 is 8.83 Å². The first-order chi connectivity index (χ1) is 32.6. The second-order valence-electron chi connectivity index (χ2n) is 18.0. The Kier molecular flexibility index (Phi) is 9.06. The Labute approximate surface area is 382 Å². The first kappa shape index (κ1) is 38.4. The van der Waals surface area contributed by atoms with E-state index in [0.717, 1.165) is 96.8 Å². The predicted molar refractivity (Wildman–Crippen MR) is 274 cm³/mol. The molecule has 0 radical (unpaired) electrons. The molecule has 4 nitrogen and oxygen atoms in total. The van der Waals surface area contributed by atoms with Gasteiger partial charge in [-0.15, -0.1) is 0 Å². The van der Waals surface area contributed by atoms with Gasteiger partial charge in [-0.05, 0) is 123 Å². The summed E-state index contributed by atoms with van der Waals surface area (Å²) in [5.41, 5.74) is 17.5. The fraction of sp³-hybridized carbons (Fsp3) is 0.0968. The van der Waals surface area contributed by atoms with Crippen molar-refractivity contribution in [2.75, 3.05) is 0 Å². The molecule has 0 saturated carbocycles. The van der Waals surface area contributed by atoms with Crippen LogP contribution in [0.3, 0.4) is 0 Å². The third kappa shape index (κ3) is 6.51. The third-order valence-corrected chi connectivity index (χ3v) is 14.0. The van der Waals surface area contributed by atoms with Gasteiger partial charge in [-0.2, -0.15) is 0 Å². The Morgan fingerprint density at radius 1 is 0.439 bits per heavy atom. The van der Waals surface area contributed by atoms with E-state index >= 15 is 0 Å². The number of nitrogens with zero attached hydrogens (tertiary/aromatic N) is 2. The van der Waals surface area contributed by atoms with E-state index in [1.165, 1.54) is 44.2 Å². The van der Waals surface area contributed by atoms with Gasteiger partial charge in [0.2, 0.25) is 0 Å². The van der Waals surface area contributed by atoms with Crippen LogP contribution in [0.2, 0.25) is 0 Å². The number of aryl methyl sites for hydroxylation is 1. The number of furan rings is 2. The molecule has 0 fully saturated rings. The van der Waals surface area contributed by atoms with Crippen LogP contribution in [0.25, 0.3) is 82.6 Å². The molecule has 0 N–H and O–H groups in total. The van der Waals surface area contributed by atoms with Gasteiger partial charge in [-0.3, -0.25) is 0 Å². The average Bonchev–Trinajstić information content (AvgIpc) is 3.88. The standard InChI is InChI=1S/C62H44N2O2/c1-38-23-31-56(63-62(41-26-24-40(25-27-41)39-13-3-2-4-14-39)64-61(38)45-29-32-59-54(35-45)49-19-9-11-21-57(49)65-59)53-36-55-50-20-10-12-22-58(50)66-60(55)37-52(53)48-30-28-44-33-42-15-5-6-16-43(42)34-51(44)47-18-8-7-17-46(47)48/h2-22,24-27,29,31-38,48H,23,28,30H2,1H3/b56-31+,63-62?,64-61?. The highest BCUT2D eigenvalue weighted by Crippen LogP contribution is 2.47. The molecule has 0 amide bonds. The van der Waals surface area contributed by atoms with Gasteiger partial charge in [0.15, 0.2) is 5.84 Å². The molecule has 1 aliphatic heterocycles. The SMILES string of the molecule is CC1C/C=C(\c2cc3c(cc2C2CCc4cc5ccccc5cc4-c4ccccc42)oc2ccccc23)N=C(c2ccc(-c3ccccc3)cc2)N=C1c1ccc2oc3ccccc3c2c1. The van der Waals surface area contributed by atoms with Crippen LogP contribution in [0, 0.1) is 5.92 Å². The quantitative estimate of drug-likeness (QED) is 0.173.